The van der Waals surface area contributed by atoms with Gasteiger partial charge in [-0.15, -0.1) is 18.5 Å². The van der Waals surface area contributed by atoms with Crippen LogP contribution < -0.4 is 0 Å². The van der Waals surface area contributed by atoms with Crippen molar-refractivity contribution >= 4 is 18.5 Å². The molecule has 0 amide bonds. The molecule has 1 aliphatic carbocycles. The Morgan fingerprint density at radius 1 is 1.11 bits per heavy atom. The lowest BCUT2D eigenvalue weighted by Gasteiger charge is -2.29. The summed E-state index contributed by atoms with van der Waals surface area (Å²) < 4.78 is 0. The van der Waals surface area contributed by atoms with Gasteiger partial charge in [0.2, 0.25) is 0 Å². The molecule has 0 aromatic carbocycles. The minimum Gasteiger partial charge on any atom is -0.134 e. The third-order valence-electron chi connectivity index (χ3n) is 2.22. The second-order valence-electron chi connectivity index (χ2n) is 3.25. The van der Waals surface area contributed by atoms with E-state index in [1.165, 1.54) is 19.3 Å². The first-order valence-electron chi connectivity index (χ1n) is 3.71. The van der Waals surface area contributed by atoms with Crippen LogP contribution in [-0.2, 0) is 0 Å². The van der Waals surface area contributed by atoms with E-state index in [4.69, 9.17) is 0 Å². The molecule has 0 radical (unpaired) electrons. The lowest BCUT2D eigenvalue weighted by Crippen LogP contribution is -2.23. The normalized spacial score (nSPS) is 45.0. The average Bonchev–Trinajstić information content (AvgIpc) is 1.80. The molecule has 0 aromatic rings. The molecule has 0 aliphatic heterocycles. The van der Waals surface area contributed by atoms with Crippen LogP contribution in [0.3, 0.4) is 0 Å². The van der Waals surface area contributed by atoms with Gasteiger partial charge < -0.3 is 0 Å². The Balaban J connectivity index is 2.35. The SMILES string of the molecule is CC1CCC(P)C(P)C1. The van der Waals surface area contributed by atoms with Crippen LogP contribution in [0.4, 0.5) is 0 Å². The van der Waals surface area contributed by atoms with Crippen LogP contribution in [0.2, 0.25) is 0 Å². The van der Waals surface area contributed by atoms with Crippen LogP contribution in [0.5, 0.6) is 0 Å². The van der Waals surface area contributed by atoms with Gasteiger partial charge in [0.1, 0.15) is 0 Å². The van der Waals surface area contributed by atoms with Crippen LogP contribution in [-0.4, -0.2) is 11.3 Å². The van der Waals surface area contributed by atoms with Crippen LogP contribution >= 0.6 is 18.5 Å². The van der Waals surface area contributed by atoms with Crippen molar-refractivity contribution in [2.75, 3.05) is 0 Å². The summed E-state index contributed by atoms with van der Waals surface area (Å²) in [7, 11) is 5.89. The Morgan fingerprint density at radius 3 is 2.22 bits per heavy atom. The van der Waals surface area contributed by atoms with Gasteiger partial charge in [-0.05, 0) is 30.1 Å². The summed E-state index contributed by atoms with van der Waals surface area (Å²) in [6.07, 6.45) is 4.23. The Morgan fingerprint density at radius 2 is 1.78 bits per heavy atom. The van der Waals surface area contributed by atoms with E-state index < -0.39 is 0 Å². The van der Waals surface area contributed by atoms with Crippen molar-refractivity contribution in [3.8, 4) is 0 Å². The topological polar surface area (TPSA) is 0 Å². The number of hydrogen-bond acceptors (Lipinski definition) is 0. The minimum absolute atomic E-state index is 0.860. The first kappa shape index (κ1) is 7.96. The molecule has 0 bridgehead atoms. The van der Waals surface area contributed by atoms with Crippen molar-refractivity contribution in [2.45, 2.75) is 37.5 Å². The summed E-state index contributed by atoms with van der Waals surface area (Å²) >= 11 is 0. The van der Waals surface area contributed by atoms with Gasteiger partial charge in [-0.1, -0.05) is 13.3 Å². The lowest BCUT2D eigenvalue weighted by molar-refractivity contribution is 0.401. The van der Waals surface area contributed by atoms with E-state index >= 15 is 0 Å². The molecule has 0 aromatic heterocycles. The van der Waals surface area contributed by atoms with Crippen LogP contribution in [0.1, 0.15) is 26.2 Å². The lowest BCUT2D eigenvalue weighted by atomic mass is 9.90. The van der Waals surface area contributed by atoms with Crippen molar-refractivity contribution in [3.63, 3.8) is 0 Å². The van der Waals surface area contributed by atoms with Crippen LogP contribution in [0, 0.1) is 5.92 Å². The molecule has 1 aliphatic rings. The fourth-order valence-electron chi connectivity index (χ4n) is 1.45. The van der Waals surface area contributed by atoms with Crippen molar-refractivity contribution < 1.29 is 0 Å². The van der Waals surface area contributed by atoms with Gasteiger partial charge in [0, 0.05) is 0 Å². The van der Waals surface area contributed by atoms with E-state index in [0.29, 0.717) is 0 Å². The van der Waals surface area contributed by atoms with Crippen molar-refractivity contribution in [1.29, 1.82) is 0 Å². The van der Waals surface area contributed by atoms with Crippen molar-refractivity contribution in [3.05, 3.63) is 0 Å². The van der Waals surface area contributed by atoms with Crippen LogP contribution in [0.25, 0.3) is 0 Å². The van der Waals surface area contributed by atoms with E-state index in [-0.39, 0.29) is 0 Å². The van der Waals surface area contributed by atoms with Crippen LogP contribution in [0.15, 0.2) is 0 Å². The largest absolute Gasteiger partial charge is 0.134 e. The summed E-state index contributed by atoms with van der Waals surface area (Å²) in [6, 6.07) is 0. The van der Waals surface area contributed by atoms with Gasteiger partial charge in [0.15, 0.2) is 0 Å². The molecule has 9 heavy (non-hydrogen) atoms. The Kier molecular flexibility index (Phi) is 2.93. The molecule has 2 heteroatoms. The Bertz CT molecular complexity index is 92.9. The first-order valence-corrected chi connectivity index (χ1v) is 5.04. The Hall–Kier alpha value is 0.860. The molecular weight excluding hydrogens is 146 g/mol. The third-order valence-corrected chi connectivity index (χ3v) is 4.26. The molecule has 54 valence electrons. The maximum absolute atomic E-state index is 2.95. The summed E-state index contributed by atoms with van der Waals surface area (Å²) in [4.78, 5) is 0. The summed E-state index contributed by atoms with van der Waals surface area (Å²) in [5, 5.41) is 0. The summed E-state index contributed by atoms with van der Waals surface area (Å²) in [5.41, 5.74) is 1.73. The van der Waals surface area contributed by atoms with Gasteiger partial charge in [0.05, 0.1) is 0 Å². The Labute approximate surface area is 62.6 Å². The maximum atomic E-state index is 2.95. The van der Waals surface area contributed by atoms with Gasteiger partial charge in [-0.3, -0.25) is 0 Å². The molecule has 1 fully saturated rings. The molecule has 1 saturated carbocycles. The molecule has 0 N–H and O–H groups in total. The molecule has 5 atom stereocenters. The number of hydrogen-bond donors (Lipinski definition) is 0. The predicted molar refractivity (Wildman–Crippen MR) is 50.0 cm³/mol. The minimum atomic E-state index is 0.860. The van der Waals surface area contributed by atoms with Crippen molar-refractivity contribution in [1.82, 2.24) is 0 Å². The molecule has 0 nitrogen and oxygen atoms in total. The second-order valence-corrected chi connectivity index (χ2v) is 4.96. The fourth-order valence-corrected chi connectivity index (χ4v) is 2.45. The number of rotatable bonds is 0. The highest BCUT2D eigenvalue weighted by Crippen LogP contribution is 2.33. The van der Waals surface area contributed by atoms with E-state index in [1.54, 1.807) is 0 Å². The predicted octanol–water partition coefficient (Wildman–Crippen LogP) is 2.29. The van der Waals surface area contributed by atoms with E-state index in [9.17, 15) is 0 Å². The highest BCUT2D eigenvalue weighted by molar-refractivity contribution is 7.23. The van der Waals surface area contributed by atoms with E-state index in [2.05, 4.69) is 25.4 Å². The molecule has 0 heterocycles. The third kappa shape index (κ3) is 2.17. The summed E-state index contributed by atoms with van der Waals surface area (Å²) in [5.74, 6) is 0.962. The smallest absolute Gasteiger partial charge is 0.0199 e. The first-order chi connectivity index (χ1) is 4.20. The average molecular weight is 162 g/mol. The molecule has 5 unspecified atom stereocenters. The molecular formula is C7H16P2. The molecule has 0 saturated heterocycles. The highest BCUT2D eigenvalue weighted by atomic mass is 31.0. The highest BCUT2D eigenvalue weighted by Gasteiger charge is 2.21. The standard InChI is InChI=1S/C7H16P2/c1-5-2-3-6(8)7(9)4-5/h5-7H,2-4,8-9H2,1H3. The zero-order valence-corrected chi connectivity index (χ0v) is 8.32. The zero-order valence-electron chi connectivity index (χ0n) is 6.01. The quantitative estimate of drug-likeness (QED) is 0.479. The summed E-state index contributed by atoms with van der Waals surface area (Å²) in [6.45, 7) is 2.35. The van der Waals surface area contributed by atoms with Gasteiger partial charge in [-0.25, -0.2) is 0 Å². The van der Waals surface area contributed by atoms with Gasteiger partial charge in [0.25, 0.3) is 0 Å². The fraction of sp³-hybridized carbons (Fsp3) is 1.00. The monoisotopic (exact) mass is 162 g/mol. The second kappa shape index (κ2) is 3.31. The zero-order chi connectivity index (χ0) is 6.85. The van der Waals surface area contributed by atoms with E-state index in [1.807, 2.05) is 0 Å². The van der Waals surface area contributed by atoms with E-state index in [0.717, 1.165) is 17.2 Å². The maximum Gasteiger partial charge on any atom is -0.0199 e. The molecule has 0 spiro atoms. The van der Waals surface area contributed by atoms with Gasteiger partial charge in [-0.2, -0.15) is 0 Å². The molecule has 1 rings (SSSR count). The van der Waals surface area contributed by atoms with Gasteiger partial charge >= 0.3 is 0 Å². The van der Waals surface area contributed by atoms with Crippen molar-refractivity contribution in [2.24, 2.45) is 5.92 Å².